The summed E-state index contributed by atoms with van der Waals surface area (Å²) >= 11 is 0. The van der Waals surface area contributed by atoms with Gasteiger partial charge in [-0.25, -0.2) is 14.8 Å². The quantitative estimate of drug-likeness (QED) is 0.509. The fourth-order valence-corrected chi connectivity index (χ4v) is 2.85. The highest BCUT2D eigenvalue weighted by molar-refractivity contribution is 5.98. The predicted molar refractivity (Wildman–Crippen MR) is 119 cm³/mol. The molecule has 31 heavy (non-hydrogen) atoms. The van der Waals surface area contributed by atoms with Gasteiger partial charge >= 0.3 is 6.03 Å². The topological polar surface area (TPSA) is 109 Å². The third-order valence-corrected chi connectivity index (χ3v) is 4.36. The molecule has 9 nitrogen and oxygen atoms in total. The highest BCUT2D eigenvalue weighted by atomic mass is 16.2. The zero-order valence-electron chi connectivity index (χ0n) is 17.0. The first-order valence-electron chi connectivity index (χ1n) is 9.55. The van der Waals surface area contributed by atoms with Crippen molar-refractivity contribution in [2.45, 2.75) is 6.92 Å². The monoisotopic (exact) mass is 412 g/mol. The first-order valence-corrected chi connectivity index (χ1v) is 9.55. The first-order chi connectivity index (χ1) is 15.1. The van der Waals surface area contributed by atoms with E-state index in [-0.39, 0.29) is 5.95 Å². The molecule has 0 spiro atoms. The van der Waals surface area contributed by atoms with Crippen LogP contribution in [0.25, 0.3) is 11.5 Å². The first kappa shape index (κ1) is 19.9. The van der Waals surface area contributed by atoms with E-state index in [1.165, 1.54) is 0 Å². The van der Waals surface area contributed by atoms with E-state index >= 15 is 0 Å². The average Bonchev–Trinajstić information content (AvgIpc) is 2.80. The van der Waals surface area contributed by atoms with Crippen LogP contribution in [0.2, 0.25) is 0 Å². The fourth-order valence-electron chi connectivity index (χ4n) is 2.85. The molecule has 154 valence electrons. The Morgan fingerprint density at radius 2 is 1.68 bits per heavy atom. The Morgan fingerprint density at radius 1 is 0.871 bits per heavy atom. The second-order valence-electron chi connectivity index (χ2n) is 6.62. The zero-order valence-corrected chi connectivity index (χ0v) is 17.0. The van der Waals surface area contributed by atoms with E-state index in [2.05, 4.69) is 35.6 Å². The lowest BCUT2D eigenvalue weighted by molar-refractivity contribution is 0.262. The highest BCUT2D eigenvalue weighted by Gasteiger charge is 2.11. The lowest BCUT2D eigenvalue weighted by atomic mass is 10.3. The summed E-state index contributed by atoms with van der Waals surface area (Å²) in [6, 6.07) is 18.4. The van der Waals surface area contributed by atoms with Crippen molar-refractivity contribution in [1.82, 2.24) is 24.9 Å². The molecule has 0 bridgehead atoms. The van der Waals surface area contributed by atoms with Crippen LogP contribution >= 0.6 is 0 Å². The number of benzene rings is 1. The predicted octanol–water partition coefficient (Wildman–Crippen LogP) is 4.05. The minimum atomic E-state index is -0.483. The smallest absolute Gasteiger partial charge is 0.326 e. The molecule has 0 saturated carbocycles. The van der Waals surface area contributed by atoms with Gasteiger partial charge in [0.25, 0.3) is 0 Å². The van der Waals surface area contributed by atoms with Crippen LogP contribution in [0.4, 0.5) is 27.9 Å². The van der Waals surface area contributed by atoms with Gasteiger partial charge in [0, 0.05) is 18.9 Å². The average molecular weight is 412 g/mol. The van der Waals surface area contributed by atoms with Gasteiger partial charge in [-0.2, -0.15) is 9.97 Å². The maximum atomic E-state index is 12.4. The second kappa shape index (κ2) is 8.95. The zero-order chi connectivity index (χ0) is 21.6. The number of urea groups is 1. The summed E-state index contributed by atoms with van der Waals surface area (Å²) in [5.41, 5.74) is 2.15. The molecule has 4 aromatic rings. The van der Waals surface area contributed by atoms with Crippen molar-refractivity contribution in [2.24, 2.45) is 0 Å². The van der Waals surface area contributed by atoms with Gasteiger partial charge < -0.3 is 10.2 Å². The van der Waals surface area contributed by atoms with E-state index in [4.69, 9.17) is 0 Å². The Kier molecular flexibility index (Phi) is 5.75. The number of aromatic nitrogens is 5. The van der Waals surface area contributed by atoms with Crippen molar-refractivity contribution in [3.05, 3.63) is 78.9 Å². The third-order valence-electron chi connectivity index (χ3n) is 4.36. The fraction of sp³-hybridized carbons (Fsp3) is 0.0909. The summed E-state index contributed by atoms with van der Waals surface area (Å²) in [7, 11) is 1.93. The second-order valence-corrected chi connectivity index (χ2v) is 6.62. The minimum absolute atomic E-state index is 0.138. The number of hydrogen-bond acceptors (Lipinski definition) is 7. The summed E-state index contributed by atoms with van der Waals surface area (Å²) < 4.78 is 0. The molecule has 0 fully saturated rings. The summed E-state index contributed by atoms with van der Waals surface area (Å²) in [4.78, 5) is 35.7. The SMILES string of the molecule is Cc1nc(NC(=O)Nc2ccc(N(C)c3ccccc3)nc2)nc(-c2ccccn2)n1. The van der Waals surface area contributed by atoms with Gasteiger partial charge in [0.15, 0.2) is 5.82 Å². The summed E-state index contributed by atoms with van der Waals surface area (Å²) in [5.74, 6) is 1.75. The number of amides is 2. The Hall–Kier alpha value is -4.40. The number of hydrogen-bond donors (Lipinski definition) is 2. The summed E-state index contributed by atoms with van der Waals surface area (Å²) in [5, 5.41) is 5.35. The van der Waals surface area contributed by atoms with Gasteiger partial charge in [0.2, 0.25) is 5.95 Å². The van der Waals surface area contributed by atoms with E-state index < -0.39 is 6.03 Å². The molecule has 3 aromatic heterocycles. The van der Waals surface area contributed by atoms with Crippen molar-refractivity contribution < 1.29 is 4.79 Å². The van der Waals surface area contributed by atoms with Crippen LogP contribution in [0.3, 0.4) is 0 Å². The molecule has 2 N–H and O–H groups in total. The summed E-state index contributed by atoms with van der Waals surface area (Å²) in [6.07, 6.45) is 3.24. The highest BCUT2D eigenvalue weighted by Crippen LogP contribution is 2.22. The molecular formula is C22H20N8O. The van der Waals surface area contributed by atoms with Crippen molar-refractivity contribution in [3.63, 3.8) is 0 Å². The van der Waals surface area contributed by atoms with Crippen LogP contribution in [0, 0.1) is 6.92 Å². The van der Waals surface area contributed by atoms with Crippen LogP contribution in [0.15, 0.2) is 73.1 Å². The lowest BCUT2D eigenvalue weighted by Gasteiger charge is -2.18. The Bertz CT molecular complexity index is 1170. The van der Waals surface area contributed by atoms with E-state index in [1.54, 1.807) is 37.5 Å². The van der Waals surface area contributed by atoms with Crippen molar-refractivity contribution in [3.8, 4) is 11.5 Å². The maximum absolute atomic E-state index is 12.4. The van der Waals surface area contributed by atoms with E-state index in [0.717, 1.165) is 11.5 Å². The lowest BCUT2D eigenvalue weighted by Crippen LogP contribution is -2.22. The van der Waals surface area contributed by atoms with E-state index in [0.29, 0.717) is 23.0 Å². The number of para-hydroxylation sites is 1. The van der Waals surface area contributed by atoms with Gasteiger partial charge in [-0.3, -0.25) is 10.3 Å². The summed E-state index contributed by atoms with van der Waals surface area (Å²) in [6.45, 7) is 1.73. The molecule has 0 aliphatic carbocycles. The number of rotatable bonds is 5. The number of carbonyl (C=O) groups is 1. The third kappa shape index (κ3) is 4.96. The number of pyridine rings is 2. The molecule has 0 aliphatic heterocycles. The van der Waals surface area contributed by atoms with Crippen LogP contribution in [0.1, 0.15) is 5.82 Å². The standard InChI is InChI=1S/C22H20N8O/c1-15-25-20(18-10-6-7-13-23-18)28-21(26-15)29-22(31)27-16-11-12-19(24-14-16)30(2)17-8-4-3-5-9-17/h3-14H,1-2H3,(H2,25,26,27,28,29,31). The molecular weight excluding hydrogens is 392 g/mol. The molecule has 4 rings (SSSR count). The van der Waals surface area contributed by atoms with Crippen molar-refractivity contribution in [2.75, 3.05) is 22.6 Å². The molecule has 1 aromatic carbocycles. The molecule has 9 heteroatoms. The number of nitrogens with zero attached hydrogens (tertiary/aromatic N) is 6. The molecule has 0 radical (unpaired) electrons. The Morgan fingerprint density at radius 3 is 2.39 bits per heavy atom. The maximum Gasteiger partial charge on any atom is 0.326 e. The van der Waals surface area contributed by atoms with Gasteiger partial charge in [-0.05, 0) is 43.3 Å². The molecule has 0 unspecified atom stereocenters. The number of carbonyl (C=O) groups excluding carboxylic acids is 1. The largest absolute Gasteiger partial charge is 0.329 e. The van der Waals surface area contributed by atoms with Gasteiger partial charge in [0.1, 0.15) is 17.3 Å². The van der Waals surface area contributed by atoms with Crippen molar-refractivity contribution in [1.29, 1.82) is 0 Å². The normalized spacial score (nSPS) is 10.4. The Balaban J connectivity index is 1.43. The van der Waals surface area contributed by atoms with E-state index in [1.807, 2.05) is 54.4 Å². The molecule has 2 amide bonds. The Labute approximate surface area is 179 Å². The molecule has 0 atom stereocenters. The van der Waals surface area contributed by atoms with Crippen LogP contribution < -0.4 is 15.5 Å². The number of nitrogens with one attached hydrogen (secondary N) is 2. The van der Waals surface area contributed by atoms with Crippen LogP contribution in [0.5, 0.6) is 0 Å². The van der Waals surface area contributed by atoms with Gasteiger partial charge in [-0.1, -0.05) is 24.3 Å². The van der Waals surface area contributed by atoms with Crippen LogP contribution in [-0.2, 0) is 0 Å². The van der Waals surface area contributed by atoms with Gasteiger partial charge in [-0.15, -0.1) is 0 Å². The molecule has 3 heterocycles. The number of anilines is 4. The van der Waals surface area contributed by atoms with Crippen LogP contribution in [-0.4, -0.2) is 38.0 Å². The number of aryl methyl sites for hydroxylation is 1. The molecule has 0 saturated heterocycles. The van der Waals surface area contributed by atoms with E-state index in [9.17, 15) is 4.79 Å². The van der Waals surface area contributed by atoms with Crippen molar-refractivity contribution >= 4 is 29.2 Å². The molecule has 0 aliphatic rings. The minimum Gasteiger partial charge on any atom is -0.329 e. The van der Waals surface area contributed by atoms with Gasteiger partial charge in [0.05, 0.1) is 11.9 Å².